The molecule has 0 fully saturated rings. The lowest BCUT2D eigenvalue weighted by molar-refractivity contribution is 0.628. The van der Waals surface area contributed by atoms with Crippen LogP contribution in [0.3, 0.4) is 0 Å². The number of hydrogen-bond acceptors (Lipinski definition) is 5. The lowest BCUT2D eigenvalue weighted by Crippen LogP contribution is -2.37. The molecule has 0 aliphatic rings. The molecule has 1 N–H and O–H groups in total. The maximum absolute atomic E-state index is 12.9. The Labute approximate surface area is 148 Å². The predicted molar refractivity (Wildman–Crippen MR) is 98.1 cm³/mol. The Hall–Kier alpha value is -3.23. The third kappa shape index (κ3) is 3.03. The summed E-state index contributed by atoms with van der Waals surface area (Å²) >= 11 is 0. The van der Waals surface area contributed by atoms with Gasteiger partial charge in [0, 0.05) is 20.6 Å². The number of nitrogens with zero attached hydrogens (tertiary/aromatic N) is 5. The van der Waals surface area contributed by atoms with Crippen molar-refractivity contribution in [3.8, 4) is 0 Å². The highest BCUT2D eigenvalue weighted by atomic mass is 19.1. The Balaban J connectivity index is 2.05. The predicted octanol–water partition coefficient (Wildman–Crippen LogP) is 1.43. The largest absolute Gasteiger partial charge is 0.332 e. The van der Waals surface area contributed by atoms with Crippen molar-refractivity contribution in [2.24, 2.45) is 19.2 Å². The van der Waals surface area contributed by atoms with Crippen LogP contribution in [0, 0.1) is 5.82 Å². The number of nitrogens with one attached hydrogen (secondary N) is 1. The van der Waals surface area contributed by atoms with Crippen molar-refractivity contribution in [1.29, 1.82) is 0 Å². The Bertz CT molecular complexity index is 1090. The van der Waals surface area contributed by atoms with E-state index in [4.69, 9.17) is 0 Å². The average molecular weight is 358 g/mol. The Morgan fingerprint density at radius 2 is 1.88 bits per heavy atom. The third-order valence-corrected chi connectivity index (χ3v) is 4.04. The molecule has 8 nitrogen and oxygen atoms in total. The van der Waals surface area contributed by atoms with Gasteiger partial charge in [-0.2, -0.15) is 10.1 Å². The van der Waals surface area contributed by atoms with Gasteiger partial charge in [-0.3, -0.25) is 13.9 Å². The minimum Gasteiger partial charge on any atom is -0.303 e. The fraction of sp³-hybridized carbons (Fsp3) is 0.294. The summed E-state index contributed by atoms with van der Waals surface area (Å²) in [6, 6.07) is 5.87. The van der Waals surface area contributed by atoms with Crippen LogP contribution in [-0.2, 0) is 20.6 Å². The molecule has 0 spiro atoms. The Morgan fingerprint density at radius 3 is 2.54 bits per heavy atom. The van der Waals surface area contributed by atoms with Crippen LogP contribution in [0.25, 0.3) is 11.2 Å². The van der Waals surface area contributed by atoms with E-state index in [-0.39, 0.29) is 5.82 Å². The van der Waals surface area contributed by atoms with Gasteiger partial charge < -0.3 is 4.57 Å². The molecule has 0 saturated heterocycles. The van der Waals surface area contributed by atoms with Gasteiger partial charge in [0.2, 0.25) is 5.95 Å². The van der Waals surface area contributed by atoms with E-state index in [9.17, 15) is 14.0 Å². The van der Waals surface area contributed by atoms with Gasteiger partial charge in [-0.1, -0.05) is 19.1 Å². The fourth-order valence-electron chi connectivity index (χ4n) is 2.69. The molecule has 0 amide bonds. The first-order valence-electron chi connectivity index (χ1n) is 8.15. The van der Waals surface area contributed by atoms with Crippen LogP contribution in [0.2, 0.25) is 0 Å². The topological polar surface area (TPSA) is 86.2 Å². The smallest absolute Gasteiger partial charge is 0.303 e. The van der Waals surface area contributed by atoms with Crippen LogP contribution < -0.4 is 16.7 Å². The second-order valence-corrected chi connectivity index (χ2v) is 5.89. The number of fused-ring (bicyclic) bond motifs is 1. The van der Waals surface area contributed by atoms with Gasteiger partial charge in [-0.15, -0.1) is 0 Å². The van der Waals surface area contributed by atoms with Crippen molar-refractivity contribution in [3.63, 3.8) is 0 Å². The van der Waals surface area contributed by atoms with Gasteiger partial charge in [0.15, 0.2) is 11.2 Å². The van der Waals surface area contributed by atoms with Gasteiger partial charge in [-0.05, 0) is 24.1 Å². The van der Waals surface area contributed by atoms with Crippen LogP contribution in [0.1, 0.15) is 18.9 Å². The number of hydrazone groups is 1. The quantitative estimate of drug-likeness (QED) is 0.552. The molecule has 136 valence electrons. The fourth-order valence-corrected chi connectivity index (χ4v) is 2.69. The Morgan fingerprint density at radius 1 is 1.19 bits per heavy atom. The summed E-state index contributed by atoms with van der Waals surface area (Å²) in [5, 5.41) is 4.11. The summed E-state index contributed by atoms with van der Waals surface area (Å²) < 4.78 is 17.0. The molecular weight excluding hydrogens is 339 g/mol. The monoisotopic (exact) mass is 358 g/mol. The van der Waals surface area contributed by atoms with E-state index < -0.39 is 11.2 Å². The van der Waals surface area contributed by atoms with E-state index in [1.54, 1.807) is 23.7 Å². The van der Waals surface area contributed by atoms with Crippen molar-refractivity contribution >= 4 is 23.3 Å². The van der Waals surface area contributed by atoms with E-state index in [0.717, 1.165) is 11.0 Å². The SMILES string of the molecule is CCCn1c(NN=Cc2ccc(F)cc2)nc2c1c(=O)n(C)c(=O)n2C. The van der Waals surface area contributed by atoms with E-state index in [1.165, 1.54) is 30.0 Å². The normalized spacial score (nSPS) is 11.5. The molecule has 2 aromatic heterocycles. The lowest BCUT2D eigenvalue weighted by atomic mass is 10.2. The number of rotatable bonds is 5. The van der Waals surface area contributed by atoms with Gasteiger partial charge in [0.05, 0.1) is 6.21 Å². The lowest BCUT2D eigenvalue weighted by Gasteiger charge is -2.07. The standard InChI is InChI=1S/C17H19FN6O2/c1-4-9-24-13-14(22(2)17(26)23(3)15(13)25)20-16(24)21-19-10-11-5-7-12(18)8-6-11/h5-8,10H,4,9H2,1-3H3,(H,20,21). The van der Waals surface area contributed by atoms with E-state index >= 15 is 0 Å². The van der Waals surface area contributed by atoms with Gasteiger partial charge in [0.25, 0.3) is 5.56 Å². The summed E-state index contributed by atoms with van der Waals surface area (Å²) in [5.41, 5.74) is 3.31. The van der Waals surface area contributed by atoms with Crippen LogP contribution in [0.4, 0.5) is 10.3 Å². The van der Waals surface area contributed by atoms with Crippen LogP contribution in [-0.4, -0.2) is 24.9 Å². The summed E-state index contributed by atoms with van der Waals surface area (Å²) in [6.45, 7) is 2.52. The zero-order chi connectivity index (χ0) is 18.8. The molecule has 26 heavy (non-hydrogen) atoms. The summed E-state index contributed by atoms with van der Waals surface area (Å²) in [6.07, 6.45) is 2.29. The molecule has 9 heteroatoms. The van der Waals surface area contributed by atoms with Gasteiger partial charge in [-0.25, -0.2) is 14.6 Å². The van der Waals surface area contributed by atoms with Crippen molar-refractivity contribution in [2.75, 3.05) is 5.43 Å². The van der Waals surface area contributed by atoms with Crippen LogP contribution >= 0.6 is 0 Å². The summed E-state index contributed by atoms with van der Waals surface area (Å²) in [5.74, 6) is 0.0371. The zero-order valence-corrected chi connectivity index (χ0v) is 14.7. The molecule has 0 atom stereocenters. The number of aryl methyl sites for hydroxylation is 2. The molecule has 1 aromatic carbocycles. The number of halogens is 1. The average Bonchev–Trinajstić information content (AvgIpc) is 2.99. The molecule has 0 saturated carbocycles. The van der Waals surface area contributed by atoms with Gasteiger partial charge in [0.1, 0.15) is 5.82 Å². The molecule has 0 unspecified atom stereocenters. The number of anilines is 1. The molecule has 0 bridgehead atoms. The molecule has 2 heterocycles. The molecule has 0 radical (unpaired) electrons. The molecule has 0 aliphatic heterocycles. The molecule has 3 rings (SSSR count). The van der Waals surface area contributed by atoms with Crippen molar-refractivity contribution in [2.45, 2.75) is 19.9 Å². The van der Waals surface area contributed by atoms with Crippen molar-refractivity contribution in [1.82, 2.24) is 18.7 Å². The first-order chi connectivity index (χ1) is 12.4. The van der Waals surface area contributed by atoms with E-state index in [1.807, 2.05) is 6.92 Å². The zero-order valence-electron chi connectivity index (χ0n) is 14.7. The number of imidazole rings is 1. The van der Waals surface area contributed by atoms with E-state index in [0.29, 0.717) is 29.2 Å². The third-order valence-electron chi connectivity index (χ3n) is 4.04. The van der Waals surface area contributed by atoms with Gasteiger partial charge >= 0.3 is 5.69 Å². The number of benzene rings is 1. The summed E-state index contributed by atoms with van der Waals surface area (Å²) in [4.78, 5) is 29.0. The molecular formula is C17H19FN6O2. The minimum absolute atomic E-state index is 0.297. The maximum Gasteiger partial charge on any atom is 0.332 e. The van der Waals surface area contributed by atoms with Crippen molar-refractivity contribution < 1.29 is 4.39 Å². The molecule has 3 aromatic rings. The molecule has 0 aliphatic carbocycles. The highest BCUT2D eigenvalue weighted by Crippen LogP contribution is 2.16. The summed E-state index contributed by atoms with van der Waals surface area (Å²) in [7, 11) is 3.01. The Kier molecular flexibility index (Phi) is 4.70. The minimum atomic E-state index is -0.440. The van der Waals surface area contributed by atoms with Crippen LogP contribution in [0.15, 0.2) is 39.0 Å². The number of aromatic nitrogens is 4. The second kappa shape index (κ2) is 6.95. The maximum atomic E-state index is 12.9. The van der Waals surface area contributed by atoms with Crippen molar-refractivity contribution in [3.05, 3.63) is 56.5 Å². The highest BCUT2D eigenvalue weighted by molar-refractivity contribution is 5.80. The van der Waals surface area contributed by atoms with E-state index in [2.05, 4.69) is 15.5 Å². The first kappa shape index (κ1) is 17.6. The second-order valence-electron chi connectivity index (χ2n) is 5.89. The first-order valence-corrected chi connectivity index (χ1v) is 8.15. The highest BCUT2D eigenvalue weighted by Gasteiger charge is 2.18. The number of hydrogen-bond donors (Lipinski definition) is 1. The van der Waals surface area contributed by atoms with Crippen LogP contribution in [0.5, 0.6) is 0 Å².